The number of nitrogens with one attached hydrogen (secondary N) is 8. The number of aliphatic hydroxyl groups is 4. The van der Waals surface area contributed by atoms with E-state index in [0.29, 0.717) is 22.8 Å². The van der Waals surface area contributed by atoms with Crippen molar-refractivity contribution in [2.45, 2.75) is 179 Å². The normalized spacial score (nSPS) is 33.0. The van der Waals surface area contributed by atoms with Crippen LogP contribution in [0.4, 0.5) is 22.7 Å². The fourth-order valence-electron chi connectivity index (χ4n) is 27.2. The summed E-state index contributed by atoms with van der Waals surface area (Å²) < 4.78 is 13.0. The molecule has 28 rings (SSSR count). The molecule has 8 heterocycles. The maximum atomic E-state index is 13.1. The molecule has 134 heavy (non-hydrogen) atoms. The minimum Gasteiger partial charge on any atom is -0.492 e. The van der Waals surface area contributed by atoms with Crippen molar-refractivity contribution in [3.63, 3.8) is 0 Å². The van der Waals surface area contributed by atoms with E-state index in [-0.39, 0.29) is 175 Å². The Morgan fingerprint density at radius 3 is 0.590 bits per heavy atom. The van der Waals surface area contributed by atoms with Gasteiger partial charge in [0, 0.05) is 112 Å². The van der Waals surface area contributed by atoms with Crippen molar-refractivity contribution in [2.75, 3.05) is 21.7 Å². The fourth-order valence-corrected chi connectivity index (χ4v) is 27.2. The number of hydrogen-bond acceptors (Lipinski definition) is 20. The first kappa shape index (κ1) is 90.9. The Morgan fingerprint density at radius 1 is 0.284 bits per heavy atom. The van der Waals surface area contributed by atoms with Gasteiger partial charge in [0.2, 0.25) is 46.4 Å². The van der Waals surface area contributed by atoms with E-state index in [9.17, 15) is 58.8 Å². The number of hydrogen-bond donors (Lipinski definition) is 12. The molecule has 20 aliphatic rings. The summed E-state index contributed by atoms with van der Waals surface area (Å²) in [7, 11) is 7.13. The molecule has 4 aromatic carbocycles. The van der Waals surface area contributed by atoms with E-state index in [0.717, 1.165) is 173 Å². The Balaban J connectivity index is 0.000000114. The zero-order valence-corrected chi connectivity index (χ0v) is 80.1. The number of amides is 4. The molecule has 0 atom stereocenters. The van der Waals surface area contributed by atoms with E-state index in [1.807, 2.05) is 121 Å². The zero-order chi connectivity index (χ0) is 91.6. The number of hydrazone groups is 4. The summed E-state index contributed by atoms with van der Waals surface area (Å²) in [5.74, 6) is 4.71. The van der Waals surface area contributed by atoms with Gasteiger partial charge >= 0.3 is 0 Å². The predicted octanol–water partition coefficient (Wildman–Crippen LogP) is 9.96. The summed E-state index contributed by atoms with van der Waals surface area (Å²) >= 11 is 0. The summed E-state index contributed by atoms with van der Waals surface area (Å²) in [5, 5.41) is 72.1. The van der Waals surface area contributed by atoms with Crippen molar-refractivity contribution in [3.05, 3.63) is 186 Å². The van der Waals surface area contributed by atoms with Gasteiger partial charge in [-0.05, 0) is 252 Å². The van der Waals surface area contributed by atoms with Crippen LogP contribution in [0.3, 0.4) is 0 Å². The van der Waals surface area contributed by atoms with Gasteiger partial charge in [0.05, 0.1) is 45.5 Å². The van der Waals surface area contributed by atoms with E-state index in [2.05, 4.69) is 83.3 Å². The fraction of sp³-hybridized carbons (Fsp3) is 0.500. The van der Waals surface area contributed by atoms with Crippen LogP contribution in [-0.4, -0.2) is 151 Å². The van der Waals surface area contributed by atoms with E-state index < -0.39 is 46.3 Å². The first-order valence-electron chi connectivity index (χ1n) is 46.7. The smallest absolute Gasteiger partial charge is 0.296 e. The Bertz CT molecular complexity index is 5710. The first-order valence-corrected chi connectivity index (χ1v) is 46.7. The Hall–Kier alpha value is -12.3. The molecular weight excluding hydrogens is 1810 g/mol. The number of para-hydroxylation sites is 4. The van der Waals surface area contributed by atoms with Gasteiger partial charge in [0.15, 0.2) is 0 Å². The van der Waals surface area contributed by atoms with Crippen molar-refractivity contribution in [3.8, 4) is 22.7 Å². The van der Waals surface area contributed by atoms with Crippen LogP contribution in [-0.2, 0) is 83.9 Å². The van der Waals surface area contributed by atoms with Crippen molar-refractivity contribution in [1.82, 2.24) is 58.7 Å². The van der Waals surface area contributed by atoms with Gasteiger partial charge < -0.3 is 41.7 Å². The number of rotatable bonds is 12. The maximum Gasteiger partial charge on any atom is 0.296 e. The summed E-state index contributed by atoms with van der Waals surface area (Å²) in [6.07, 6.45) is 22.0. The Morgan fingerprint density at radius 2 is 0.440 bits per heavy atom. The number of aliphatic imine (C=N–C) groups is 4. The number of nitrogens with zero attached hydrogens (tertiary/aromatic N) is 16. The van der Waals surface area contributed by atoms with Crippen molar-refractivity contribution >= 4 is 92.8 Å². The monoisotopic (exact) mass is 1920 g/mol. The van der Waals surface area contributed by atoms with Crippen LogP contribution in [0, 0.1) is 122 Å². The molecule has 16 bridgehead atoms. The maximum absolute atomic E-state index is 13.1. The van der Waals surface area contributed by atoms with Crippen LogP contribution in [0.1, 0.15) is 151 Å². The first-order chi connectivity index (χ1) is 63.5. The van der Waals surface area contributed by atoms with E-state index in [4.69, 9.17) is 0 Å². The number of carbonyl (C=O) groups is 4. The number of aromatic nitrogens is 8. The molecule has 1 radical (unpaired) electrons. The van der Waals surface area contributed by atoms with Gasteiger partial charge in [-0.3, -0.25) is 78.8 Å². The van der Waals surface area contributed by atoms with Crippen molar-refractivity contribution < 1.29 is 76.2 Å². The van der Waals surface area contributed by atoms with Gasteiger partial charge in [-0.1, -0.05) is 72.8 Å². The molecular formula is C96H112CuN24O12Zn. The molecule has 4 spiro atoms. The number of anilines is 4. The largest absolute Gasteiger partial charge is 0.492 e. The second-order valence-corrected chi connectivity index (χ2v) is 40.1. The Kier molecular flexibility index (Phi) is 23.4. The third-order valence-corrected chi connectivity index (χ3v) is 33.0. The quantitative estimate of drug-likeness (QED) is 0.0400. The standard InChI is InChI=1S/4C24H28N6O3.Cu.Zn/c4*1-13-19(23(33)30(29(13)2)18-6-4-3-5-7-18)27-28-20-21(31)25-24(26-22(20)32)16-9-14-8-15(11-16)12-17(24)10-14;;/h4*3-7,14-17,27H,8-12H2,1-2H3,(H,25,31)(H,26,32);;. The van der Waals surface area contributed by atoms with Crippen LogP contribution in [0.5, 0.6) is 0 Å². The minimum atomic E-state index is -0.712. The molecule has 0 saturated heterocycles. The summed E-state index contributed by atoms with van der Waals surface area (Å²) in [4.78, 5) is 123. The molecule has 16 fully saturated rings. The third kappa shape index (κ3) is 15.0. The van der Waals surface area contributed by atoms with E-state index in [1.165, 1.54) is 44.4 Å². The van der Waals surface area contributed by atoms with Crippen LogP contribution >= 0.6 is 0 Å². The molecule has 8 aromatic rings. The molecule has 4 aromatic heterocycles. The molecule has 4 aliphatic heterocycles. The van der Waals surface area contributed by atoms with E-state index in [1.54, 1.807) is 74.6 Å². The summed E-state index contributed by atoms with van der Waals surface area (Å²) in [6.45, 7) is 7.17. The average Bonchev–Trinajstić information content (AvgIpc) is 0.799. The molecule has 701 valence electrons. The van der Waals surface area contributed by atoms with Gasteiger partial charge in [0.25, 0.3) is 45.9 Å². The average molecular weight is 1920 g/mol. The predicted molar refractivity (Wildman–Crippen MR) is 499 cm³/mol. The molecule has 16 saturated carbocycles. The van der Waals surface area contributed by atoms with Crippen LogP contribution in [0.15, 0.2) is 181 Å². The van der Waals surface area contributed by atoms with Gasteiger partial charge in [0.1, 0.15) is 45.4 Å². The molecule has 0 unspecified atom stereocenters. The number of benzene rings is 4. The minimum absolute atomic E-state index is 0. The molecule has 12 N–H and O–H groups in total. The second kappa shape index (κ2) is 34.6. The Labute approximate surface area is 794 Å². The molecule has 16 aliphatic carbocycles. The SMILES string of the molecule is Cc1c(NN=C2C(=O)NC3(N=C2O)C2CC4CC(C2)CC3C4)c(=O)n(-c2ccccc2)n1C.Cc1c(NN=C2C(=O)NC3(N=C2O)C2CC4CC(C2)CC3C4)c(=O)n(-c2ccccc2)n1C.Cc1c(NN=C2C(=O)NC3(N=C2O)C2CC4CC(C2)CC3C4)c(=O)n(-c2ccccc2)n1C.Cc1c(NN=C2C(=O)NC3(N=C2O)C2CC4CC(C2)CC3C4)c(=O)n(-c2ccccc2)n1C.[Cu].[Zn]. The van der Waals surface area contributed by atoms with Crippen molar-refractivity contribution in [1.29, 1.82) is 0 Å². The topological polar surface area (TPSA) is 452 Å². The van der Waals surface area contributed by atoms with Crippen LogP contribution in [0.25, 0.3) is 22.7 Å². The van der Waals surface area contributed by atoms with Crippen LogP contribution < -0.4 is 65.2 Å². The second-order valence-electron chi connectivity index (χ2n) is 40.1. The van der Waals surface area contributed by atoms with Gasteiger partial charge in [-0.25, -0.2) is 38.7 Å². The van der Waals surface area contributed by atoms with Gasteiger partial charge in [-0.2, -0.15) is 20.4 Å². The number of aliphatic hydroxyl groups excluding tert-OH is 4. The number of carbonyl (C=O) groups excluding carboxylic acids is 4. The van der Waals surface area contributed by atoms with Gasteiger partial charge in [-0.15, -0.1) is 0 Å². The summed E-state index contributed by atoms with van der Waals surface area (Å²) in [5.41, 5.74) is 12.6. The van der Waals surface area contributed by atoms with Crippen molar-refractivity contribution in [2.24, 2.45) is 163 Å². The van der Waals surface area contributed by atoms with E-state index >= 15 is 0 Å². The third-order valence-electron chi connectivity index (χ3n) is 33.0. The van der Waals surface area contributed by atoms with Crippen LogP contribution in [0.2, 0.25) is 0 Å². The molecule has 38 heteroatoms. The summed E-state index contributed by atoms with van der Waals surface area (Å²) in [6, 6.07) is 37.1. The zero-order valence-electron chi connectivity index (χ0n) is 76.1. The molecule has 4 amide bonds. The molecule has 36 nitrogen and oxygen atoms in total.